The summed E-state index contributed by atoms with van der Waals surface area (Å²) in [5, 5.41) is 23.8. The van der Waals surface area contributed by atoms with Crippen LogP contribution in [0.4, 0.5) is 21.9 Å². The molecule has 2 amide bonds. The van der Waals surface area contributed by atoms with Gasteiger partial charge >= 0.3 is 6.03 Å². The first kappa shape index (κ1) is 21.4. The first-order valence-electron chi connectivity index (χ1n) is 9.90. The number of nitro benzene ring substituents is 1. The molecule has 0 spiro atoms. The summed E-state index contributed by atoms with van der Waals surface area (Å²) in [5.74, 6) is 0. The molecule has 0 radical (unpaired) electrons. The van der Waals surface area contributed by atoms with Gasteiger partial charge in [0.1, 0.15) is 0 Å². The standard InChI is InChI=1S/C23H18N6O4/c30-22-20-13-16(25-23(31)26-17-4-2-12-24-14-17)8-11-19(20)21(27-28-22)5-1-3-15-6-9-18(10-7-15)29(32)33/h1-4,6-14H,5H2,(H,28,30)(H2,25,26,31)/b3-1+. The number of nitrogens with zero attached hydrogens (tertiary/aromatic N) is 3. The fraction of sp³-hybridized carbons (Fsp3) is 0.0435. The number of hydrogen-bond donors (Lipinski definition) is 3. The van der Waals surface area contributed by atoms with E-state index in [1.807, 2.05) is 12.2 Å². The number of nitro groups is 1. The molecule has 33 heavy (non-hydrogen) atoms. The maximum Gasteiger partial charge on any atom is 0.323 e. The van der Waals surface area contributed by atoms with Crippen LogP contribution in [0.3, 0.4) is 0 Å². The van der Waals surface area contributed by atoms with Crippen LogP contribution in [0.5, 0.6) is 0 Å². The zero-order valence-corrected chi connectivity index (χ0v) is 17.2. The van der Waals surface area contributed by atoms with E-state index in [2.05, 4.69) is 25.8 Å². The summed E-state index contributed by atoms with van der Waals surface area (Å²) >= 11 is 0. The van der Waals surface area contributed by atoms with Crippen molar-refractivity contribution >= 4 is 39.9 Å². The number of benzene rings is 2. The SMILES string of the molecule is O=C(Nc1cccnc1)Nc1ccc2c(C/C=C/c3ccc([N+](=O)[O-])cc3)n[nH]c(=O)c2c1. The summed E-state index contributed by atoms with van der Waals surface area (Å²) < 4.78 is 0. The van der Waals surface area contributed by atoms with Gasteiger partial charge in [0, 0.05) is 35.8 Å². The molecule has 0 aliphatic rings. The van der Waals surface area contributed by atoms with Gasteiger partial charge in [-0.15, -0.1) is 0 Å². The molecule has 0 saturated heterocycles. The second-order valence-corrected chi connectivity index (χ2v) is 7.04. The molecule has 2 heterocycles. The molecule has 2 aromatic carbocycles. The highest BCUT2D eigenvalue weighted by atomic mass is 16.6. The van der Waals surface area contributed by atoms with E-state index in [4.69, 9.17) is 0 Å². The van der Waals surface area contributed by atoms with Crippen LogP contribution in [-0.4, -0.2) is 26.1 Å². The van der Waals surface area contributed by atoms with E-state index in [9.17, 15) is 19.7 Å². The van der Waals surface area contributed by atoms with Crippen LogP contribution in [0, 0.1) is 10.1 Å². The van der Waals surface area contributed by atoms with Gasteiger partial charge < -0.3 is 10.6 Å². The maximum atomic E-state index is 12.3. The van der Waals surface area contributed by atoms with Gasteiger partial charge in [-0.25, -0.2) is 9.89 Å². The summed E-state index contributed by atoms with van der Waals surface area (Å²) in [7, 11) is 0. The van der Waals surface area contributed by atoms with Crippen molar-refractivity contribution in [1.82, 2.24) is 15.2 Å². The van der Waals surface area contributed by atoms with E-state index in [-0.39, 0.29) is 11.2 Å². The minimum atomic E-state index is -0.459. The summed E-state index contributed by atoms with van der Waals surface area (Å²) in [4.78, 5) is 38.8. The van der Waals surface area contributed by atoms with Gasteiger partial charge in [-0.3, -0.25) is 19.9 Å². The van der Waals surface area contributed by atoms with E-state index in [0.717, 1.165) is 5.56 Å². The molecule has 10 nitrogen and oxygen atoms in total. The molecule has 2 aromatic heterocycles. The number of H-pyrrole nitrogens is 1. The molecular formula is C23H18N6O4. The minimum absolute atomic E-state index is 0.0268. The van der Waals surface area contributed by atoms with E-state index in [0.29, 0.717) is 34.3 Å². The summed E-state index contributed by atoms with van der Waals surface area (Å²) in [6, 6.07) is 14.1. The second kappa shape index (κ2) is 9.52. The van der Waals surface area contributed by atoms with Crippen LogP contribution in [0.25, 0.3) is 16.8 Å². The minimum Gasteiger partial charge on any atom is -0.308 e. The molecule has 10 heteroatoms. The number of carbonyl (C=O) groups is 1. The van der Waals surface area contributed by atoms with Crippen LogP contribution in [0.2, 0.25) is 0 Å². The molecule has 0 fully saturated rings. The number of amides is 2. The monoisotopic (exact) mass is 442 g/mol. The molecule has 0 bridgehead atoms. The number of anilines is 2. The lowest BCUT2D eigenvalue weighted by Gasteiger charge is -2.09. The normalized spacial score (nSPS) is 10.9. The quantitative estimate of drug-likeness (QED) is 0.303. The van der Waals surface area contributed by atoms with Gasteiger partial charge in [-0.1, -0.05) is 18.2 Å². The van der Waals surface area contributed by atoms with Crippen molar-refractivity contribution in [3.05, 3.63) is 105 Å². The second-order valence-electron chi connectivity index (χ2n) is 7.04. The lowest BCUT2D eigenvalue weighted by molar-refractivity contribution is -0.384. The van der Waals surface area contributed by atoms with Crippen LogP contribution in [-0.2, 0) is 6.42 Å². The van der Waals surface area contributed by atoms with Gasteiger partial charge in [0.25, 0.3) is 11.2 Å². The number of urea groups is 1. The Kier molecular flexibility index (Phi) is 6.17. The number of non-ortho nitro benzene ring substituents is 1. The van der Waals surface area contributed by atoms with Crippen LogP contribution >= 0.6 is 0 Å². The largest absolute Gasteiger partial charge is 0.323 e. The Bertz CT molecular complexity index is 1400. The first-order chi connectivity index (χ1) is 16.0. The van der Waals surface area contributed by atoms with Crippen molar-refractivity contribution in [3.63, 3.8) is 0 Å². The highest BCUT2D eigenvalue weighted by Gasteiger charge is 2.09. The number of hydrogen-bond acceptors (Lipinski definition) is 6. The van der Waals surface area contributed by atoms with Crippen LogP contribution in [0.1, 0.15) is 11.3 Å². The molecule has 0 atom stereocenters. The number of nitrogens with one attached hydrogen (secondary N) is 3. The lowest BCUT2D eigenvalue weighted by Crippen LogP contribution is -2.20. The topological polar surface area (TPSA) is 143 Å². The van der Waals surface area contributed by atoms with E-state index in [1.54, 1.807) is 48.7 Å². The summed E-state index contributed by atoms with van der Waals surface area (Å²) in [6.07, 6.45) is 7.23. The fourth-order valence-corrected chi connectivity index (χ4v) is 3.20. The molecule has 0 aliphatic heterocycles. The third kappa shape index (κ3) is 5.25. The summed E-state index contributed by atoms with van der Waals surface area (Å²) in [6.45, 7) is 0. The Morgan fingerprint density at radius 1 is 1.06 bits per heavy atom. The number of aromatic nitrogens is 3. The van der Waals surface area contributed by atoms with Crippen molar-refractivity contribution in [3.8, 4) is 0 Å². The van der Waals surface area contributed by atoms with Gasteiger partial charge in [0.05, 0.1) is 27.9 Å². The number of fused-ring (bicyclic) bond motifs is 1. The molecule has 0 unspecified atom stereocenters. The highest BCUT2D eigenvalue weighted by molar-refractivity contribution is 6.01. The highest BCUT2D eigenvalue weighted by Crippen LogP contribution is 2.20. The molecule has 0 saturated carbocycles. The van der Waals surface area contributed by atoms with Crippen molar-refractivity contribution in [2.75, 3.05) is 10.6 Å². The van der Waals surface area contributed by atoms with E-state index in [1.165, 1.54) is 18.3 Å². The third-order valence-corrected chi connectivity index (χ3v) is 4.77. The first-order valence-corrected chi connectivity index (χ1v) is 9.90. The average molecular weight is 442 g/mol. The Morgan fingerprint density at radius 2 is 1.85 bits per heavy atom. The average Bonchev–Trinajstić information content (AvgIpc) is 2.81. The Balaban J connectivity index is 1.49. The number of pyridine rings is 1. The van der Waals surface area contributed by atoms with Gasteiger partial charge in [0.2, 0.25) is 0 Å². The molecule has 3 N–H and O–H groups in total. The molecule has 4 rings (SSSR count). The van der Waals surface area contributed by atoms with Gasteiger partial charge in [0.15, 0.2) is 0 Å². The maximum absolute atomic E-state index is 12.3. The number of aromatic amines is 1. The van der Waals surface area contributed by atoms with Crippen molar-refractivity contribution in [2.24, 2.45) is 0 Å². The Morgan fingerprint density at radius 3 is 2.58 bits per heavy atom. The Labute approximate surface area is 187 Å². The molecular weight excluding hydrogens is 424 g/mol. The summed E-state index contributed by atoms with van der Waals surface area (Å²) in [5.41, 5.74) is 2.10. The molecule has 4 aromatic rings. The molecule has 164 valence electrons. The van der Waals surface area contributed by atoms with Crippen molar-refractivity contribution < 1.29 is 9.72 Å². The third-order valence-electron chi connectivity index (χ3n) is 4.77. The zero-order chi connectivity index (χ0) is 23.2. The van der Waals surface area contributed by atoms with Crippen LogP contribution < -0.4 is 16.2 Å². The van der Waals surface area contributed by atoms with Crippen molar-refractivity contribution in [1.29, 1.82) is 0 Å². The number of rotatable bonds is 6. The van der Waals surface area contributed by atoms with Gasteiger partial charge in [-0.05, 0) is 42.0 Å². The molecule has 0 aliphatic carbocycles. The van der Waals surface area contributed by atoms with E-state index >= 15 is 0 Å². The van der Waals surface area contributed by atoms with Crippen molar-refractivity contribution in [2.45, 2.75) is 6.42 Å². The number of allylic oxidation sites excluding steroid dienone is 1. The van der Waals surface area contributed by atoms with E-state index < -0.39 is 11.0 Å². The Hall–Kier alpha value is -4.86. The van der Waals surface area contributed by atoms with Crippen LogP contribution in [0.15, 0.2) is 77.9 Å². The lowest BCUT2D eigenvalue weighted by atomic mass is 10.1. The zero-order valence-electron chi connectivity index (χ0n) is 17.2. The fourth-order valence-electron chi connectivity index (χ4n) is 3.20. The number of carbonyl (C=O) groups excluding carboxylic acids is 1. The smallest absolute Gasteiger partial charge is 0.308 e. The predicted octanol–water partition coefficient (Wildman–Crippen LogP) is 4.13. The predicted molar refractivity (Wildman–Crippen MR) is 125 cm³/mol. The van der Waals surface area contributed by atoms with Gasteiger partial charge in [-0.2, -0.15) is 5.10 Å².